The molecule has 30 heavy (non-hydrogen) atoms. The topological polar surface area (TPSA) is 96.3 Å². The number of anilines is 1. The number of nitrogens with zero attached hydrogens (tertiary/aromatic N) is 3. The van der Waals surface area contributed by atoms with E-state index in [4.69, 9.17) is 9.15 Å². The summed E-state index contributed by atoms with van der Waals surface area (Å²) >= 11 is 1.46. The summed E-state index contributed by atoms with van der Waals surface area (Å²) in [4.78, 5) is 27.3. The number of aromatic nitrogens is 3. The van der Waals surface area contributed by atoms with Crippen LogP contribution in [0.25, 0.3) is 21.8 Å². The number of nitrogens with one attached hydrogen (secondary N) is 2. The van der Waals surface area contributed by atoms with Gasteiger partial charge in [0.1, 0.15) is 5.82 Å². The average Bonchev–Trinajstić information content (AvgIpc) is 3.49. The van der Waals surface area contributed by atoms with Crippen molar-refractivity contribution >= 4 is 34.0 Å². The number of ether oxygens (including phenoxy) is 1. The Morgan fingerprint density at radius 2 is 2.13 bits per heavy atom. The van der Waals surface area contributed by atoms with E-state index >= 15 is 0 Å². The molecule has 0 atom stereocenters. The number of thiazole rings is 1. The molecule has 0 spiro atoms. The molecule has 5 rings (SSSR count). The van der Waals surface area contributed by atoms with Crippen molar-refractivity contribution < 1.29 is 13.9 Å². The predicted octanol–water partition coefficient (Wildman–Crippen LogP) is 3.29. The third kappa shape index (κ3) is 4.28. The molecule has 1 aromatic carbocycles. The highest BCUT2D eigenvalue weighted by Crippen LogP contribution is 2.24. The highest BCUT2D eigenvalue weighted by molar-refractivity contribution is 7.13. The first-order valence-corrected chi connectivity index (χ1v) is 10.7. The van der Waals surface area contributed by atoms with Crippen LogP contribution in [-0.4, -0.2) is 52.1 Å². The summed E-state index contributed by atoms with van der Waals surface area (Å²) in [6.45, 7) is 4.12. The van der Waals surface area contributed by atoms with Crippen molar-refractivity contribution in [2.24, 2.45) is 0 Å². The van der Waals surface area contributed by atoms with Crippen molar-refractivity contribution in [3.8, 4) is 10.8 Å². The van der Waals surface area contributed by atoms with Crippen LogP contribution in [0.4, 0.5) is 5.69 Å². The van der Waals surface area contributed by atoms with Crippen LogP contribution in [0, 0.1) is 0 Å². The van der Waals surface area contributed by atoms with E-state index in [1.54, 1.807) is 6.26 Å². The Labute approximate surface area is 176 Å². The molecule has 0 bridgehead atoms. The molecular weight excluding hydrogens is 402 g/mol. The van der Waals surface area contributed by atoms with Crippen LogP contribution < -0.4 is 5.32 Å². The fourth-order valence-electron chi connectivity index (χ4n) is 3.46. The molecule has 2 N–H and O–H groups in total. The number of hydrogen-bond acceptors (Lipinski definition) is 7. The number of fused-ring (bicyclic) bond motifs is 1. The number of morpholine rings is 1. The first-order valence-electron chi connectivity index (χ1n) is 9.80. The molecule has 4 aromatic rings. The van der Waals surface area contributed by atoms with E-state index in [0.717, 1.165) is 66.1 Å². The minimum absolute atomic E-state index is 0.112. The van der Waals surface area contributed by atoms with Crippen LogP contribution in [0.3, 0.4) is 0 Å². The Bertz CT molecular complexity index is 1140. The van der Waals surface area contributed by atoms with E-state index in [1.165, 1.54) is 11.3 Å². The molecule has 3 aromatic heterocycles. The normalized spacial score (nSPS) is 14.9. The maximum Gasteiger partial charge on any atom is 0.230 e. The fourth-order valence-corrected chi connectivity index (χ4v) is 4.24. The number of carbonyl (C=O) groups excluding carboxylic acids is 1. The van der Waals surface area contributed by atoms with Gasteiger partial charge in [-0.15, -0.1) is 11.3 Å². The lowest BCUT2D eigenvalue weighted by Gasteiger charge is -2.25. The van der Waals surface area contributed by atoms with Gasteiger partial charge in [0.25, 0.3) is 0 Å². The zero-order valence-corrected chi connectivity index (χ0v) is 17.1. The van der Waals surface area contributed by atoms with Gasteiger partial charge >= 0.3 is 0 Å². The Hall–Kier alpha value is -3.01. The second-order valence-electron chi connectivity index (χ2n) is 7.15. The first-order chi connectivity index (χ1) is 14.7. The van der Waals surface area contributed by atoms with Gasteiger partial charge in [-0.1, -0.05) is 0 Å². The molecule has 0 unspecified atom stereocenters. The van der Waals surface area contributed by atoms with Crippen LogP contribution in [0.1, 0.15) is 11.5 Å². The quantitative estimate of drug-likeness (QED) is 0.494. The van der Waals surface area contributed by atoms with Crippen molar-refractivity contribution in [2.75, 3.05) is 31.6 Å². The second-order valence-corrected chi connectivity index (χ2v) is 8.01. The lowest BCUT2D eigenvalue weighted by Crippen LogP contribution is -2.35. The lowest BCUT2D eigenvalue weighted by molar-refractivity contribution is -0.115. The maximum atomic E-state index is 12.5. The van der Waals surface area contributed by atoms with Crippen LogP contribution >= 0.6 is 11.3 Å². The molecule has 1 fully saturated rings. The van der Waals surface area contributed by atoms with Crippen LogP contribution in [0.15, 0.2) is 46.4 Å². The van der Waals surface area contributed by atoms with Gasteiger partial charge in [-0.2, -0.15) is 0 Å². The zero-order valence-electron chi connectivity index (χ0n) is 16.3. The Morgan fingerprint density at radius 1 is 1.23 bits per heavy atom. The summed E-state index contributed by atoms with van der Waals surface area (Å²) in [7, 11) is 0. The van der Waals surface area contributed by atoms with Gasteiger partial charge < -0.3 is 19.5 Å². The third-order valence-electron chi connectivity index (χ3n) is 4.92. The van der Waals surface area contributed by atoms with E-state index in [0.29, 0.717) is 5.76 Å². The minimum atomic E-state index is -0.112. The van der Waals surface area contributed by atoms with Gasteiger partial charge in [0.2, 0.25) is 5.91 Å². The van der Waals surface area contributed by atoms with E-state index in [2.05, 4.69) is 25.2 Å². The highest BCUT2D eigenvalue weighted by atomic mass is 32.1. The molecule has 1 aliphatic heterocycles. The number of H-pyrrole nitrogens is 1. The van der Waals surface area contributed by atoms with Crippen LogP contribution in [0.5, 0.6) is 0 Å². The number of carbonyl (C=O) groups is 1. The number of hydrogen-bond donors (Lipinski definition) is 2. The van der Waals surface area contributed by atoms with Crippen LogP contribution in [0.2, 0.25) is 0 Å². The fraction of sp³-hybridized carbons (Fsp3) is 0.286. The summed E-state index contributed by atoms with van der Waals surface area (Å²) in [6.07, 6.45) is 1.82. The number of amides is 1. The first kappa shape index (κ1) is 19.0. The van der Waals surface area contributed by atoms with E-state index in [9.17, 15) is 4.79 Å². The average molecular weight is 423 g/mol. The van der Waals surface area contributed by atoms with E-state index in [-0.39, 0.29) is 12.3 Å². The third-order valence-corrected chi connectivity index (χ3v) is 5.82. The molecule has 1 aliphatic rings. The smallest absolute Gasteiger partial charge is 0.230 e. The van der Waals surface area contributed by atoms with Gasteiger partial charge in [-0.3, -0.25) is 9.69 Å². The molecule has 0 aliphatic carbocycles. The van der Waals surface area contributed by atoms with Crippen molar-refractivity contribution in [1.82, 2.24) is 19.9 Å². The van der Waals surface area contributed by atoms with Crippen molar-refractivity contribution in [3.63, 3.8) is 0 Å². The van der Waals surface area contributed by atoms with Crippen molar-refractivity contribution in [2.45, 2.75) is 13.0 Å². The van der Waals surface area contributed by atoms with E-state index in [1.807, 2.05) is 35.7 Å². The second kappa shape index (κ2) is 8.39. The molecule has 4 heterocycles. The van der Waals surface area contributed by atoms with Gasteiger partial charge in [0, 0.05) is 24.2 Å². The number of rotatable bonds is 6. The Kier molecular flexibility index (Phi) is 5.31. The molecule has 9 heteroatoms. The van der Waals surface area contributed by atoms with Gasteiger partial charge in [-0.25, -0.2) is 9.97 Å². The van der Waals surface area contributed by atoms with Gasteiger partial charge in [0.15, 0.2) is 10.8 Å². The monoisotopic (exact) mass is 423 g/mol. The largest absolute Gasteiger partial charge is 0.462 e. The van der Waals surface area contributed by atoms with Gasteiger partial charge in [0.05, 0.1) is 49.2 Å². The summed E-state index contributed by atoms with van der Waals surface area (Å²) in [5, 5.41) is 5.60. The standard InChI is InChI=1S/C21H21N5O3S/c27-20(11-15-13-30-21(23-15)18-2-1-7-29-18)22-14-3-4-16-17(10-14)25-19(24-16)12-26-5-8-28-9-6-26/h1-4,7,10,13H,5-6,8-9,11-12H2,(H,22,27)(H,24,25). The molecule has 1 amide bonds. The molecular formula is C21H21N5O3S. The molecule has 0 saturated carbocycles. The SMILES string of the molecule is O=C(Cc1csc(-c2ccco2)n1)Nc1ccc2nc(CN3CCOCC3)[nH]c2c1. The number of aromatic amines is 1. The predicted molar refractivity (Wildman–Crippen MR) is 114 cm³/mol. The zero-order chi connectivity index (χ0) is 20.3. The lowest BCUT2D eigenvalue weighted by atomic mass is 10.2. The number of furan rings is 1. The summed E-state index contributed by atoms with van der Waals surface area (Å²) in [6, 6.07) is 9.38. The molecule has 154 valence electrons. The molecule has 0 radical (unpaired) electrons. The van der Waals surface area contributed by atoms with Crippen molar-refractivity contribution in [1.29, 1.82) is 0 Å². The summed E-state index contributed by atoms with van der Waals surface area (Å²) in [5.41, 5.74) is 3.25. The summed E-state index contributed by atoms with van der Waals surface area (Å²) < 4.78 is 10.7. The maximum absolute atomic E-state index is 12.5. The van der Waals surface area contributed by atoms with Crippen molar-refractivity contribution in [3.05, 3.63) is 53.5 Å². The molecule has 1 saturated heterocycles. The molecule has 8 nitrogen and oxygen atoms in total. The van der Waals surface area contributed by atoms with Gasteiger partial charge in [-0.05, 0) is 30.3 Å². The van der Waals surface area contributed by atoms with Crippen LogP contribution in [-0.2, 0) is 22.5 Å². The highest BCUT2D eigenvalue weighted by Gasteiger charge is 2.14. The number of imidazole rings is 1. The summed E-state index contributed by atoms with van der Waals surface area (Å²) in [5.74, 6) is 1.52. The Morgan fingerprint density at radius 3 is 2.97 bits per heavy atom. The minimum Gasteiger partial charge on any atom is -0.462 e. The number of benzene rings is 1. The van der Waals surface area contributed by atoms with E-state index < -0.39 is 0 Å². The Balaban J connectivity index is 1.23.